The van der Waals surface area contributed by atoms with Crippen LogP contribution in [0.2, 0.25) is 0 Å². The molecule has 1 N–H and O–H groups in total. The van der Waals surface area contributed by atoms with Crippen LogP contribution in [0.5, 0.6) is 5.75 Å². The van der Waals surface area contributed by atoms with Crippen LogP contribution in [-0.2, 0) is 0 Å². The van der Waals surface area contributed by atoms with Crippen LogP contribution in [0.1, 0.15) is 6.42 Å². The highest BCUT2D eigenvalue weighted by Gasteiger charge is 2.02. The lowest BCUT2D eigenvalue weighted by atomic mass is 10.3. The van der Waals surface area contributed by atoms with Crippen molar-refractivity contribution in [1.82, 2.24) is 0 Å². The second-order valence-corrected chi connectivity index (χ2v) is 5.75. The van der Waals surface area contributed by atoms with Gasteiger partial charge >= 0.3 is 0 Å². The van der Waals surface area contributed by atoms with E-state index in [9.17, 15) is 0 Å². The molecule has 0 atom stereocenters. The summed E-state index contributed by atoms with van der Waals surface area (Å²) >= 11 is 7.06. The number of ether oxygens (including phenoxy) is 1. The van der Waals surface area contributed by atoms with E-state index in [-0.39, 0.29) is 0 Å². The van der Waals surface area contributed by atoms with E-state index in [0.29, 0.717) is 6.61 Å². The third kappa shape index (κ3) is 4.55. The fourth-order valence-electron chi connectivity index (χ4n) is 1.66. The Morgan fingerprint density at radius 3 is 2.26 bits per heavy atom. The summed E-state index contributed by atoms with van der Waals surface area (Å²) in [7, 11) is 0. The minimum atomic E-state index is 0.707. The molecule has 0 radical (unpaired) electrons. The van der Waals surface area contributed by atoms with E-state index in [1.165, 1.54) is 0 Å². The van der Waals surface area contributed by atoms with Gasteiger partial charge in [-0.15, -0.1) is 0 Å². The van der Waals surface area contributed by atoms with Gasteiger partial charge in [-0.05, 0) is 62.5 Å². The van der Waals surface area contributed by atoms with Crippen LogP contribution in [-0.4, -0.2) is 13.2 Å². The van der Waals surface area contributed by atoms with Gasteiger partial charge in [0.2, 0.25) is 0 Å². The van der Waals surface area contributed by atoms with Crippen molar-refractivity contribution in [2.24, 2.45) is 0 Å². The zero-order chi connectivity index (χ0) is 13.5. The SMILES string of the molecule is Brc1cccc(Br)c1NCCCOc1ccccc1. The van der Waals surface area contributed by atoms with Crippen LogP contribution >= 0.6 is 31.9 Å². The maximum atomic E-state index is 5.64. The Morgan fingerprint density at radius 2 is 1.58 bits per heavy atom. The van der Waals surface area contributed by atoms with Crippen molar-refractivity contribution in [3.05, 3.63) is 57.5 Å². The molecule has 0 amide bonds. The molecule has 19 heavy (non-hydrogen) atoms. The van der Waals surface area contributed by atoms with Crippen molar-refractivity contribution in [3.8, 4) is 5.75 Å². The highest BCUT2D eigenvalue weighted by molar-refractivity contribution is 9.11. The first-order valence-electron chi connectivity index (χ1n) is 6.13. The number of hydrogen-bond donors (Lipinski definition) is 1. The molecule has 0 fully saturated rings. The second-order valence-electron chi connectivity index (χ2n) is 4.04. The molecule has 2 rings (SSSR count). The van der Waals surface area contributed by atoms with Crippen LogP contribution < -0.4 is 10.1 Å². The first-order valence-corrected chi connectivity index (χ1v) is 7.72. The Labute approximate surface area is 130 Å². The zero-order valence-electron chi connectivity index (χ0n) is 10.4. The standard InChI is InChI=1S/C15H15Br2NO/c16-13-8-4-9-14(17)15(13)18-10-5-11-19-12-6-2-1-3-7-12/h1-4,6-9,18H,5,10-11H2. The molecule has 0 unspecified atom stereocenters. The van der Waals surface area contributed by atoms with Crippen molar-refractivity contribution in [3.63, 3.8) is 0 Å². The summed E-state index contributed by atoms with van der Waals surface area (Å²) in [6.07, 6.45) is 0.947. The molecule has 0 spiro atoms. The van der Waals surface area contributed by atoms with Gasteiger partial charge in [-0.25, -0.2) is 0 Å². The van der Waals surface area contributed by atoms with Crippen LogP contribution in [0.3, 0.4) is 0 Å². The van der Waals surface area contributed by atoms with Crippen LogP contribution in [0, 0.1) is 0 Å². The summed E-state index contributed by atoms with van der Waals surface area (Å²) < 4.78 is 7.76. The fraction of sp³-hybridized carbons (Fsp3) is 0.200. The van der Waals surface area contributed by atoms with Crippen LogP contribution in [0.15, 0.2) is 57.5 Å². The van der Waals surface area contributed by atoms with Gasteiger partial charge < -0.3 is 10.1 Å². The fourth-order valence-corrected chi connectivity index (χ4v) is 2.94. The van der Waals surface area contributed by atoms with Crippen molar-refractivity contribution in [2.75, 3.05) is 18.5 Å². The molecule has 100 valence electrons. The molecule has 0 aromatic heterocycles. The average Bonchev–Trinajstić information content (AvgIpc) is 2.42. The Kier molecular flexibility index (Phi) is 5.73. The Morgan fingerprint density at radius 1 is 0.895 bits per heavy atom. The number of halogens is 2. The Balaban J connectivity index is 1.73. The van der Waals surface area contributed by atoms with E-state index < -0.39 is 0 Å². The summed E-state index contributed by atoms with van der Waals surface area (Å²) in [6, 6.07) is 15.9. The zero-order valence-corrected chi connectivity index (χ0v) is 13.6. The smallest absolute Gasteiger partial charge is 0.119 e. The first-order chi connectivity index (χ1) is 9.27. The second kappa shape index (κ2) is 7.56. The monoisotopic (exact) mass is 383 g/mol. The molecule has 0 heterocycles. The quantitative estimate of drug-likeness (QED) is 0.700. The van der Waals surface area contributed by atoms with Crippen molar-refractivity contribution >= 4 is 37.5 Å². The third-order valence-electron chi connectivity index (χ3n) is 2.60. The molecule has 0 saturated carbocycles. The third-order valence-corrected chi connectivity index (χ3v) is 3.92. The van der Waals surface area contributed by atoms with Gasteiger partial charge in [0.15, 0.2) is 0 Å². The largest absolute Gasteiger partial charge is 0.494 e. The molecule has 4 heteroatoms. The number of rotatable bonds is 6. The molecule has 0 bridgehead atoms. The van der Waals surface area contributed by atoms with Gasteiger partial charge in [-0.2, -0.15) is 0 Å². The average molecular weight is 385 g/mol. The van der Waals surface area contributed by atoms with Gasteiger partial charge in [-0.1, -0.05) is 24.3 Å². The number of benzene rings is 2. The predicted octanol–water partition coefficient (Wildman–Crippen LogP) is 5.09. The number of nitrogens with one attached hydrogen (secondary N) is 1. The highest BCUT2D eigenvalue weighted by atomic mass is 79.9. The molecule has 2 nitrogen and oxygen atoms in total. The van der Waals surface area contributed by atoms with E-state index in [2.05, 4.69) is 37.2 Å². The lowest BCUT2D eigenvalue weighted by Gasteiger charge is -2.11. The highest BCUT2D eigenvalue weighted by Crippen LogP contribution is 2.30. The predicted molar refractivity (Wildman–Crippen MR) is 86.9 cm³/mol. The van der Waals surface area contributed by atoms with Gasteiger partial charge in [0, 0.05) is 15.5 Å². The summed E-state index contributed by atoms with van der Waals surface area (Å²) in [6.45, 7) is 1.58. The molecule has 0 aliphatic rings. The van der Waals surface area contributed by atoms with E-state index in [1.54, 1.807) is 0 Å². The maximum Gasteiger partial charge on any atom is 0.119 e. The molecule has 2 aromatic carbocycles. The van der Waals surface area contributed by atoms with E-state index in [0.717, 1.165) is 33.3 Å². The lowest BCUT2D eigenvalue weighted by molar-refractivity contribution is 0.315. The summed E-state index contributed by atoms with van der Waals surface area (Å²) in [4.78, 5) is 0. The summed E-state index contributed by atoms with van der Waals surface area (Å²) in [5.74, 6) is 0.921. The van der Waals surface area contributed by atoms with Gasteiger partial charge in [0.05, 0.1) is 12.3 Å². The first kappa shape index (κ1) is 14.4. The minimum Gasteiger partial charge on any atom is -0.494 e. The molecular weight excluding hydrogens is 370 g/mol. The molecule has 0 saturated heterocycles. The summed E-state index contributed by atoms with van der Waals surface area (Å²) in [5.41, 5.74) is 1.09. The topological polar surface area (TPSA) is 21.3 Å². The van der Waals surface area contributed by atoms with Crippen molar-refractivity contribution in [2.45, 2.75) is 6.42 Å². The summed E-state index contributed by atoms with van der Waals surface area (Å²) in [5, 5.41) is 3.39. The van der Waals surface area contributed by atoms with Crippen LogP contribution in [0.4, 0.5) is 5.69 Å². The van der Waals surface area contributed by atoms with Crippen molar-refractivity contribution < 1.29 is 4.74 Å². The van der Waals surface area contributed by atoms with Gasteiger partial charge in [0.1, 0.15) is 5.75 Å². The van der Waals surface area contributed by atoms with Crippen molar-refractivity contribution in [1.29, 1.82) is 0 Å². The Hall–Kier alpha value is -1.00. The number of para-hydroxylation sites is 2. The molecule has 0 aliphatic heterocycles. The lowest BCUT2D eigenvalue weighted by Crippen LogP contribution is -2.08. The minimum absolute atomic E-state index is 0.707. The van der Waals surface area contributed by atoms with E-state index in [1.807, 2.05) is 48.5 Å². The van der Waals surface area contributed by atoms with E-state index >= 15 is 0 Å². The number of hydrogen-bond acceptors (Lipinski definition) is 2. The molecule has 0 aliphatic carbocycles. The van der Waals surface area contributed by atoms with E-state index in [4.69, 9.17) is 4.74 Å². The van der Waals surface area contributed by atoms with Crippen LogP contribution in [0.25, 0.3) is 0 Å². The van der Waals surface area contributed by atoms with Gasteiger partial charge in [-0.3, -0.25) is 0 Å². The normalized spacial score (nSPS) is 10.2. The Bertz CT molecular complexity index is 497. The molecular formula is C15H15Br2NO. The molecule has 2 aromatic rings. The number of anilines is 1. The van der Waals surface area contributed by atoms with Gasteiger partial charge in [0.25, 0.3) is 0 Å². The maximum absolute atomic E-state index is 5.64.